The van der Waals surface area contributed by atoms with E-state index >= 15 is 0 Å². The van der Waals surface area contributed by atoms with Gasteiger partial charge in [-0.25, -0.2) is 9.97 Å². The van der Waals surface area contributed by atoms with E-state index in [1.54, 1.807) is 11.8 Å². The first-order valence-corrected chi connectivity index (χ1v) is 8.61. The van der Waals surface area contributed by atoms with Crippen molar-refractivity contribution in [2.24, 2.45) is 11.8 Å². The fourth-order valence-electron chi connectivity index (χ4n) is 3.33. The predicted molar refractivity (Wildman–Crippen MR) is 87.0 cm³/mol. The lowest BCUT2D eigenvalue weighted by Gasteiger charge is -2.24. The lowest BCUT2D eigenvalue weighted by atomic mass is 9.84. The number of aromatic nitrogens is 2. The molecule has 0 aromatic carbocycles. The lowest BCUT2D eigenvalue weighted by Crippen LogP contribution is -2.31. The molecule has 3 aliphatic rings. The van der Waals surface area contributed by atoms with E-state index in [9.17, 15) is 0 Å². The van der Waals surface area contributed by atoms with Gasteiger partial charge >= 0.3 is 0 Å². The van der Waals surface area contributed by atoms with Gasteiger partial charge < -0.3 is 4.90 Å². The molecule has 2 saturated heterocycles. The van der Waals surface area contributed by atoms with Gasteiger partial charge in [0.2, 0.25) is 0 Å². The Morgan fingerprint density at radius 1 is 1.10 bits per heavy atom. The third-order valence-corrected chi connectivity index (χ3v) is 5.63. The van der Waals surface area contributed by atoms with Crippen molar-refractivity contribution < 1.29 is 0 Å². The van der Waals surface area contributed by atoms with Gasteiger partial charge in [-0.2, -0.15) is 0 Å². The van der Waals surface area contributed by atoms with Gasteiger partial charge in [-0.1, -0.05) is 12.2 Å². The van der Waals surface area contributed by atoms with Gasteiger partial charge in [0.15, 0.2) is 5.16 Å². The Labute approximate surface area is 130 Å². The van der Waals surface area contributed by atoms with Gasteiger partial charge in [0, 0.05) is 24.5 Å². The number of nitrogens with zero attached hydrogens (tertiary/aromatic N) is 3. The van der Waals surface area contributed by atoms with Crippen LogP contribution in [0.4, 0.5) is 0 Å². The van der Waals surface area contributed by atoms with Crippen molar-refractivity contribution in [1.82, 2.24) is 14.9 Å². The zero-order valence-electron chi connectivity index (χ0n) is 12.1. The lowest BCUT2D eigenvalue weighted by molar-refractivity contribution is 0.326. The molecular formula is C15H21N3S2. The van der Waals surface area contributed by atoms with Crippen LogP contribution in [-0.2, 0) is 0 Å². The molecule has 5 heteroatoms. The second-order valence-corrected chi connectivity index (χ2v) is 7.69. The average molecular weight is 307 g/mol. The second-order valence-electron chi connectivity index (χ2n) is 6.09. The first kappa shape index (κ1) is 14.3. The molecule has 0 unspecified atom stereocenters. The summed E-state index contributed by atoms with van der Waals surface area (Å²) in [5, 5.41) is 0.795. The molecule has 3 fully saturated rings. The van der Waals surface area contributed by atoms with Crippen LogP contribution in [0.2, 0.25) is 0 Å². The first-order chi connectivity index (χ1) is 9.60. The molecule has 3 heterocycles. The van der Waals surface area contributed by atoms with Crippen LogP contribution in [0, 0.1) is 25.7 Å². The van der Waals surface area contributed by atoms with Gasteiger partial charge in [-0.05, 0) is 69.2 Å². The van der Waals surface area contributed by atoms with Crippen LogP contribution in [-0.4, -0.2) is 32.3 Å². The fraction of sp³-hybridized carbons (Fsp3) is 0.667. The van der Waals surface area contributed by atoms with Crippen molar-refractivity contribution in [2.45, 2.75) is 44.7 Å². The zero-order valence-corrected chi connectivity index (χ0v) is 13.8. The highest BCUT2D eigenvalue weighted by atomic mass is 32.2. The van der Waals surface area contributed by atoms with E-state index in [4.69, 9.17) is 12.2 Å². The minimum atomic E-state index is 0.795. The van der Waals surface area contributed by atoms with Crippen molar-refractivity contribution >= 4 is 28.3 Å². The summed E-state index contributed by atoms with van der Waals surface area (Å²) in [6, 6.07) is 2.00. The monoisotopic (exact) mass is 307 g/mol. The highest BCUT2D eigenvalue weighted by molar-refractivity contribution is 8.22. The minimum absolute atomic E-state index is 0.795. The SMILES string of the molecule is Cc1cc(C)nc(SC(=S)N2CC3CCC(CC3)C2)n1. The van der Waals surface area contributed by atoms with E-state index in [-0.39, 0.29) is 0 Å². The smallest absolute Gasteiger partial charge is 0.195 e. The number of thioether (sulfide) groups is 1. The van der Waals surface area contributed by atoms with E-state index < -0.39 is 0 Å². The molecule has 0 atom stereocenters. The van der Waals surface area contributed by atoms with Crippen LogP contribution in [0.5, 0.6) is 0 Å². The van der Waals surface area contributed by atoms with Crippen LogP contribution < -0.4 is 0 Å². The normalized spacial score (nSPS) is 25.6. The molecule has 1 aromatic rings. The highest BCUT2D eigenvalue weighted by Gasteiger charge is 2.30. The number of hydrogen-bond acceptors (Lipinski definition) is 4. The standard InChI is InChI=1S/C15H21N3S2/c1-10-7-11(2)17-14(16-10)20-15(19)18-8-12-3-4-13(9-18)6-5-12/h7,12-13H,3-6,8-9H2,1-2H3. The maximum absolute atomic E-state index is 5.65. The number of hydrogen-bond donors (Lipinski definition) is 0. The summed E-state index contributed by atoms with van der Waals surface area (Å²) in [7, 11) is 0. The summed E-state index contributed by atoms with van der Waals surface area (Å²) in [5.74, 6) is 1.68. The van der Waals surface area contributed by atoms with Crippen LogP contribution in [0.3, 0.4) is 0 Å². The van der Waals surface area contributed by atoms with Crippen molar-refractivity contribution in [3.05, 3.63) is 17.5 Å². The Kier molecular flexibility index (Phi) is 4.26. The summed E-state index contributed by atoms with van der Waals surface area (Å²) in [5.41, 5.74) is 2.03. The van der Waals surface area contributed by atoms with Gasteiger partial charge in [0.05, 0.1) is 0 Å². The van der Waals surface area contributed by atoms with Gasteiger partial charge in [0.1, 0.15) is 4.32 Å². The number of rotatable bonds is 1. The molecule has 4 rings (SSSR count). The molecule has 2 bridgehead atoms. The Bertz CT molecular complexity index is 476. The quantitative estimate of drug-likeness (QED) is 0.449. The number of thiocarbonyl (C=S) groups is 1. The fourth-order valence-corrected chi connectivity index (χ4v) is 4.51. The maximum Gasteiger partial charge on any atom is 0.195 e. The van der Waals surface area contributed by atoms with Crippen molar-refractivity contribution in [3.8, 4) is 0 Å². The molecule has 2 aliphatic heterocycles. The number of aryl methyl sites for hydroxylation is 2. The third-order valence-electron chi connectivity index (χ3n) is 4.32. The molecule has 3 nitrogen and oxygen atoms in total. The van der Waals surface area contributed by atoms with Gasteiger partial charge in [0.25, 0.3) is 0 Å². The first-order valence-electron chi connectivity index (χ1n) is 7.39. The summed E-state index contributed by atoms with van der Waals surface area (Å²) in [6.45, 7) is 6.28. The van der Waals surface area contributed by atoms with Crippen molar-refractivity contribution in [3.63, 3.8) is 0 Å². The summed E-state index contributed by atoms with van der Waals surface area (Å²) < 4.78 is 0.953. The molecule has 0 N–H and O–H groups in total. The highest BCUT2D eigenvalue weighted by Crippen LogP contribution is 2.35. The third kappa shape index (κ3) is 3.31. The topological polar surface area (TPSA) is 29.0 Å². The molecule has 1 aromatic heterocycles. The van der Waals surface area contributed by atoms with E-state index in [1.807, 2.05) is 19.9 Å². The molecular weight excluding hydrogens is 286 g/mol. The maximum atomic E-state index is 5.65. The van der Waals surface area contributed by atoms with Crippen molar-refractivity contribution in [2.75, 3.05) is 13.1 Å². The Balaban J connectivity index is 1.69. The Morgan fingerprint density at radius 3 is 2.10 bits per heavy atom. The van der Waals surface area contributed by atoms with Crippen LogP contribution in [0.25, 0.3) is 0 Å². The Morgan fingerprint density at radius 2 is 1.60 bits per heavy atom. The summed E-state index contributed by atoms with van der Waals surface area (Å²) in [6.07, 6.45) is 5.53. The molecule has 20 heavy (non-hydrogen) atoms. The molecule has 0 radical (unpaired) electrons. The minimum Gasteiger partial charge on any atom is -0.357 e. The molecule has 1 aliphatic carbocycles. The van der Waals surface area contributed by atoms with Crippen LogP contribution in [0.1, 0.15) is 37.1 Å². The average Bonchev–Trinajstić information content (AvgIpc) is 2.70. The number of fused-ring (bicyclic) bond motifs is 4. The van der Waals surface area contributed by atoms with E-state index in [1.165, 1.54) is 25.7 Å². The molecule has 0 spiro atoms. The zero-order chi connectivity index (χ0) is 14.1. The van der Waals surface area contributed by atoms with Crippen molar-refractivity contribution in [1.29, 1.82) is 0 Å². The predicted octanol–water partition coefficient (Wildman–Crippen LogP) is 3.59. The van der Waals surface area contributed by atoms with Crippen LogP contribution in [0.15, 0.2) is 11.2 Å². The van der Waals surface area contributed by atoms with Gasteiger partial charge in [-0.15, -0.1) is 0 Å². The molecule has 0 amide bonds. The van der Waals surface area contributed by atoms with E-state index in [2.05, 4.69) is 14.9 Å². The summed E-state index contributed by atoms with van der Waals surface area (Å²) >= 11 is 7.20. The Hall–Kier alpha value is -0.680. The van der Waals surface area contributed by atoms with E-state index in [0.717, 1.165) is 45.8 Å². The largest absolute Gasteiger partial charge is 0.357 e. The summed E-state index contributed by atoms with van der Waals surface area (Å²) in [4.78, 5) is 11.4. The van der Waals surface area contributed by atoms with Crippen LogP contribution >= 0.6 is 24.0 Å². The molecule has 1 saturated carbocycles. The van der Waals surface area contributed by atoms with E-state index in [0.29, 0.717) is 0 Å². The molecule has 108 valence electrons. The van der Waals surface area contributed by atoms with Gasteiger partial charge in [-0.3, -0.25) is 0 Å². The second kappa shape index (κ2) is 5.98.